The van der Waals surface area contributed by atoms with Gasteiger partial charge >= 0.3 is 0 Å². The maximum Gasteiger partial charge on any atom is 0.236 e. The summed E-state index contributed by atoms with van der Waals surface area (Å²) in [7, 11) is 0. The number of H-pyrrole nitrogens is 1. The van der Waals surface area contributed by atoms with Crippen LogP contribution in [0.4, 0.5) is 5.82 Å². The van der Waals surface area contributed by atoms with Crippen LogP contribution in [0, 0.1) is 17.2 Å². The fourth-order valence-corrected chi connectivity index (χ4v) is 3.71. The Bertz CT molecular complexity index is 915. The first-order chi connectivity index (χ1) is 13.5. The lowest BCUT2D eigenvalue weighted by molar-refractivity contribution is -0.131. The van der Waals surface area contributed by atoms with Gasteiger partial charge in [0.15, 0.2) is 5.78 Å². The number of anilines is 1. The number of carbonyl (C=O) groups excluding carboxylic acids is 2. The molecule has 1 N–H and O–H groups in total. The number of aromatic amines is 1. The molecular formula is C20H24N6O2. The van der Waals surface area contributed by atoms with Crippen molar-refractivity contribution in [3.63, 3.8) is 0 Å². The molecule has 0 spiro atoms. The van der Waals surface area contributed by atoms with Gasteiger partial charge < -0.3 is 14.8 Å². The lowest BCUT2D eigenvalue weighted by atomic mass is 9.91. The molecule has 2 atom stereocenters. The molecule has 0 aliphatic carbocycles. The largest absolute Gasteiger partial charge is 0.350 e. The molecule has 8 nitrogen and oxygen atoms in total. The molecule has 3 rings (SSSR count). The Morgan fingerprint density at radius 3 is 3.07 bits per heavy atom. The molecule has 8 heteroatoms. The number of fused-ring (bicyclic) bond motifs is 1. The Kier molecular flexibility index (Phi) is 6.04. The Hall–Kier alpha value is -3.21. The van der Waals surface area contributed by atoms with Crippen LogP contribution in [-0.2, 0) is 9.59 Å². The molecule has 0 saturated carbocycles. The second kappa shape index (κ2) is 8.65. The van der Waals surface area contributed by atoms with Gasteiger partial charge in [-0.3, -0.25) is 9.59 Å². The molecule has 1 unspecified atom stereocenters. The lowest BCUT2D eigenvalue weighted by Crippen LogP contribution is -2.54. The van der Waals surface area contributed by atoms with Crippen LogP contribution in [-0.4, -0.2) is 57.2 Å². The number of likely N-dealkylation sites (tertiary alicyclic amines) is 1. The van der Waals surface area contributed by atoms with Crippen LogP contribution < -0.4 is 4.90 Å². The lowest BCUT2D eigenvalue weighted by Gasteiger charge is -2.43. The number of nitriles is 1. The maximum atomic E-state index is 12.3. The molecule has 0 radical (unpaired) electrons. The zero-order chi connectivity index (χ0) is 20.1. The molecular weight excluding hydrogens is 356 g/mol. The third-order valence-electron chi connectivity index (χ3n) is 5.33. The van der Waals surface area contributed by atoms with Crippen molar-refractivity contribution in [2.75, 3.05) is 24.5 Å². The van der Waals surface area contributed by atoms with Gasteiger partial charge in [0.1, 0.15) is 24.2 Å². The molecule has 1 aliphatic rings. The van der Waals surface area contributed by atoms with E-state index in [0.717, 1.165) is 23.3 Å². The Morgan fingerprint density at radius 1 is 1.50 bits per heavy atom. The first kappa shape index (κ1) is 19.5. The minimum Gasteiger partial charge on any atom is -0.350 e. The van der Waals surface area contributed by atoms with Crippen molar-refractivity contribution in [2.45, 2.75) is 32.2 Å². The fraction of sp³-hybridized carbons (Fsp3) is 0.450. The number of carbonyl (C=O) groups is 2. The SMILES string of the molecule is C=CC(=O)CCN(c1ncnc2[nH]ccc12)C1CN(C(=O)CC#N)CC[C@H]1C. The molecule has 1 fully saturated rings. The van der Waals surface area contributed by atoms with Gasteiger partial charge in [-0.05, 0) is 24.5 Å². The maximum absolute atomic E-state index is 12.3. The highest BCUT2D eigenvalue weighted by Gasteiger charge is 2.34. The van der Waals surface area contributed by atoms with Crippen molar-refractivity contribution < 1.29 is 9.59 Å². The Balaban J connectivity index is 1.94. The second-order valence-corrected chi connectivity index (χ2v) is 7.06. The van der Waals surface area contributed by atoms with Gasteiger partial charge in [0.2, 0.25) is 5.91 Å². The van der Waals surface area contributed by atoms with Gasteiger partial charge in [-0.25, -0.2) is 9.97 Å². The summed E-state index contributed by atoms with van der Waals surface area (Å²) in [6.07, 6.45) is 5.66. The highest BCUT2D eigenvalue weighted by Crippen LogP contribution is 2.30. The average Bonchev–Trinajstić information content (AvgIpc) is 3.18. The van der Waals surface area contributed by atoms with Crippen LogP contribution >= 0.6 is 0 Å². The topological polar surface area (TPSA) is 106 Å². The summed E-state index contributed by atoms with van der Waals surface area (Å²) in [5.74, 6) is 0.852. The number of aromatic nitrogens is 3. The van der Waals surface area contributed by atoms with E-state index in [2.05, 4.69) is 33.4 Å². The molecule has 1 saturated heterocycles. The van der Waals surface area contributed by atoms with E-state index in [1.54, 1.807) is 4.90 Å². The van der Waals surface area contributed by atoms with Gasteiger partial charge in [0.25, 0.3) is 0 Å². The summed E-state index contributed by atoms with van der Waals surface area (Å²) in [5.41, 5.74) is 0.728. The highest BCUT2D eigenvalue weighted by atomic mass is 16.2. The van der Waals surface area contributed by atoms with E-state index < -0.39 is 0 Å². The number of nitrogens with one attached hydrogen (secondary N) is 1. The van der Waals surface area contributed by atoms with Crippen LogP contribution in [0.5, 0.6) is 0 Å². The van der Waals surface area contributed by atoms with E-state index in [-0.39, 0.29) is 24.2 Å². The van der Waals surface area contributed by atoms with E-state index in [1.807, 2.05) is 18.3 Å². The average molecular weight is 380 g/mol. The molecule has 2 aromatic rings. The van der Waals surface area contributed by atoms with E-state index in [0.29, 0.717) is 32.0 Å². The van der Waals surface area contributed by atoms with Gasteiger partial charge in [0, 0.05) is 32.3 Å². The van der Waals surface area contributed by atoms with Crippen LogP contribution in [0.15, 0.2) is 31.2 Å². The van der Waals surface area contributed by atoms with Crippen LogP contribution in [0.3, 0.4) is 0 Å². The number of nitrogens with zero attached hydrogens (tertiary/aromatic N) is 5. The predicted octanol–water partition coefficient (Wildman–Crippen LogP) is 2.06. The monoisotopic (exact) mass is 380 g/mol. The molecule has 1 amide bonds. The molecule has 0 aromatic carbocycles. The number of piperidine rings is 1. The number of hydrogen-bond donors (Lipinski definition) is 1. The van der Waals surface area contributed by atoms with Gasteiger partial charge in [-0.1, -0.05) is 13.5 Å². The fourth-order valence-electron chi connectivity index (χ4n) is 3.71. The number of amides is 1. The van der Waals surface area contributed by atoms with Gasteiger partial charge in [-0.15, -0.1) is 0 Å². The van der Waals surface area contributed by atoms with Crippen molar-refractivity contribution >= 4 is 28.5 Å². The van der Waals surface area contributed by atoms with Crippen molar-refractivity contribution in [3.8, 4) is 6.07 Å². The van der Waals surface area contributed by atoms with E-state index >= 15 is 0 Å². The first-order valence-corrected chi connectivity index (χ1v) is 9.40. The summed E-state index contributed by atoms with van der Waals surface area (Å²) in [6.45, 7) is 7.31. The zero-order valence-electron chi connectivity index (χ0n) is 16.0. The van der Waals surface area contributed by atoms with Gasteiger partial charge in [0.05, 0.1) is 17.5 Å². The van der Waals surface area contributed by atoms with Crippen molar-refractivity contribution in [1.82, 2.24) is 19.9 Å². The number of rotatable bonds is 7. The van der Waals surface area contributed by atoms with E-state index in [4.69, 9.17) is 5.26 Å². The summed E-state index contributed by atoms with van der Waals surface area (Å²) in [6, 6.07) is 3.84. The first-order valence-electron chi connectivity index (χ1n) is 9.40. The highest BCUT2D eigenvalue weighted by molar-refractivity contribution is 5.90. The summed E-state index contributed by atoms with van der Waals surface area (Å²) < 4.78 is 0. The van der Waals surface area contributed by atoms with Crippen molar-refractivity contribution in [2.24, 2.45) is 5.92 Å². The summed E-state index contributed by atoms with van der Waals surface area (Å²) >= 11 is 0. The van der Waals surface area contributed by atoms with Crippen molar-refractivity contribution in [3.05, 3.63) is 31.2 Å². The summed E-state index contributed by atoms with van der Waals surface area (Å²) in [5, 5.41) is 9.74. The standard InChI is InChI=1S/C20H24N6O2/c1-3-15(27)7-11-26(20-16-5-9-22-19(16)23-13-24-20)17-12-25(10-6-14(17)2)18(28)4-8-21/h3,5,9,13-14,17H,1,4,6-7,10-12H2,2H3,(H,22,23,24)/t14-,17?/m1/s1. The third-order valence-corrected chi connectivity index (χ3v) is 5.33. The van der Waals surface area contributed by atoms with E-state index in [1.165, 1.54) is 12.4 Å². The number of hydrogen-bond acceptors (Lipinski definition) is 6. The van der Waals surface area contributed by atoms with Gasteiger partial charge in [-0.2, -0.15) is 5.26 Å². The van der Waals surface area contributed by atoms with E-state index in [9.17, 15) is 9.59 Å². The molecule has 1 aliphatic heterocycles. The quantitative estimate of drug-likeness (QED) is 0.737. The Morgan fingerprint density at radius 2 is 2.32 bits per heavy atom. The number of ketones is 1. The molecule has 146 valence electrons. The van der Waals surface area contributed by atoms with Crippen LogP contribution in [0.1, 0.15) is 26.2 Å². The molecule has 28 heavy (non-hydrogen) atoms. The molecule has 3 heterocycles. The van der Waals surface area contributed by atoms with Crippen LogP contribution in [0.25, 0.3) is 11.0 Å². The minimum atomic E-state index is -0.156. The normalized spacial score (nSPS) is 19.2. The minimum absolute atomic E-state index is 0.0120. The summed E-state index contributed by atoms with van der Waals surface area (Å²) in [4.78, 5) is 39.9. The zero-order valence-corrected chi connectivity index (χ0v) is 16.0. The Labute approximate surface area is 163 Å². The predicted molar refractivity (Wildman–Crippen MR) is 105 cm³/mol. The third kappa shape index (κ3) is 4.03. The molecule has 0 bridgehead atoms. The van der Waals surface area contributed by atoms with Crippen LogP contribution in [0.2, 0.25) is 0 Å². The second-order valence-electron chi connectivity index (χ2n) is 7.06. The molecule has 2 aromatic heterocycles. The van der Waals surface area contributed by atoms with Crippen molar-refractivity contribution in [1.29, 1.82) is 5.26 Å². The number of allylic oxidation sites excluding steroid dienone is 1. The smallest absolute Gasteiger partial charge is 0.236 e.